The quantitative estimate of drug-likeness (QED) is 0.288. The second kappa shape index (κ2) is 9.50. The van der Waals surface area contributed by atoms with E-state index >= 15 is 0 Å². The monoisotopic (exact) mass is 436 g/mol. The van der Waals surface area contributed by atoms with Gasteiger partial charge in [-0.25, -0.2) is 0 Å². The summed E-state index contributed by atoms with van der Waals surface area (Å²) in [7, 11) is 0. The lowest BCUT2D eigenvalue weighted by atomic mass is 9.99. The first-order chi connectivity index (χ1) is 14.7. The molecule has 1 fully saturated rings. The molecule has 2 aromatic carbocycles. The highest BCUT2D eigenvalue weighted by molar-refractivity contribution is 6.01. The zero-order valence-electron chi connectivity index (χ0n) is 16.3. The van der Waals surface area contributed by atoms with Gasteiger partial charge in [0.15, 0.2) is 5.78 Å². The molecular formula is C21H24O10. The van der Waals surface area contributed by atoms with Gasteiger partial charge in [-0.1, -0.05) is 12.1 Å². The van der Waals surface area contributed by atoms with E-state index < -0.39 is 54.6 Å². The molecule has 2 aromatic rings. The van der Waals surface area contributed by atoms with Gasteiger partial charge in [0, 0.05) is 18.6 Å². The molecule has 10 heteroatoms. The average Bonchev–Trinajstić information content (AvgIpc) is 2.73. The molecule has 0 bridgehead atoms. The van der Waals surface area contributed by atoms with Crippen LogP contribution >= 0.6 is 0 Å². The first-order valence-corrected chi connectivity index (χ1v) is 9.55. The Balaban J connectivity index is 1.82. The van der Waals surface area contributed by atoms with Crippen LogP contribution in [-0.2, 0) is 11.2 Å². The zero-order chi connectivity index (χ0) is 22.7. The maximum absolute atomic E-state index is 12.8. The Labute approximate surface area is 177 Å². The van der Waals surface area contributed by atoms with Crippen molar-refractivity contribution in [1.82, 2.24) is 0 Å². The third kappa shape index (κ3) is 5.06. The van der Waals surface area contributed by atoms with Crippen LogP contribution in [-0.4, -0.2) is 78.8 Å². The predicted octanol–water partition coefficient (Wildman–Crippen LogP) is -0.202. The van der Waals surface area contributed by atoms with Crippen molar-refractivity contribution in [3.05, 3.63) is 47.5 Å². The largest absolute Gasteiger partial charge is 0.508 e. The lowest BCUT2D eigenvalue weighted by molar-refractivity contribution is -0.277. The fourth-order valence-electron chi connectivity index (χ4n) is 3.30. The first-order valence-electron chi connectivity index (χ1n) is 9.55. The van der Waals surface area contributed by atoms with Crippen LogP contribution in [0.5, 0.6) is 23.0 Å². The number of Topliss-reactive ketones (excluding diaryl/α,β-unsaturated/α-hetero) is 1. The number of aliphatic hydroxyl groups excluding tert-OH is 4. The molecule has 1 saturated heterocycles. The van der Waals surface area contributed by atoms with E-state index in [4.69, 9.17) is 9.47 Å². The van der Waals surface area contributed by atoms with Crippen LogP contribution in [0.1, 0.15) is 22.3 Å². The van der Waals surface area contributed by atoms with Gasteiger partial charge in [-0.05, 0) is 24.1 Å². The van der Waals surface area contributed by atoms with Crippen LogP contribution in [0, 0.1) is 0 Å². The van der Waals surface area contributed by atoms with E-state index in [-0.39, 0.29) is 23.5 Å². The Kier molecular flexibility index (Phi) is 6.98. The van der Waals surface area contributed by atoms with Gasteiger partial charge >= 0.3 is 0 Å². The standard InChI is InChI=1S/C21H24O10/c22-9-16-18(27)19(28)20(29)21(31-16)30-15-8-12(24)7-14(26)17(15)13(25)6-3-10-1-4-11(23)5-2-10/h1-2,4-5,7-8,16,18-24,26-29H,3,6,9H2/t16-,18-,19-,20-,21+/m1/s1. The molecule has 0 saturated carbocycles. The molecule has 0 aliphatic carbocycles. The molecule has 1 heterocycles. The van der Waals surface area contributed by atoms with E-state index in [0.717, 1.165) is 17.7 Å². The van der Waals surface area contributed by atoms with Crippen molar-refractivity contribution in [2.75, 3.05) is 6.61 Å². The molecule has 0 amide bonds. The Hall–Kier alpha value is -2.89. The molecule has 1 aliphatic rings. The van der Waals surface area contributed by atoms with Crippen LogP contribution < -0.4 is 4.74 Å². The van der Waals surface area contributed by atoms with Gasteiger partial charge in [-0.15, -0.1) is 0 Å². The number of ketones is 1. The average molecular weight is 436 g/mol. The van der Waals surface area contributed by atoms with Crippen LogP contribution in [0.2, 0.25) is 0 Å². The number of aromatic hydroxyl groups is 3. The van der Waals surface area contributed by atoms with Crippen molar-refractivity contribution in [2.45, 2.75) is 43.5 Å². The number of carbonyl (C=O) groups is 1. The maximum atomic E-state index is 12.8. The van der Waals surface area contributed by atoms with Crippen LogP contribution in [0.25, 0.3) is 0 Å². The summed E-state index contributed by atoms with van der Waals surface area (Å²) in [4.78, 5) is 12.8. The Morgan fingerprint density at radius 3 is 2.26 bits per heavy atom. The number of hydrogen-bond acceptors (Lipinski definition) is 10. The SMILES string of the molecule is O=C(CCc1ccc(O)cc1)c1c(O)cc(O)cc1O[C@H]1O[C@H](CO)[C@@H](O)[C@@H](O)[C@H]1O. The minimum absolute atomic E-state index is 0.0475. The van der Waals surface area contributed by atoms with Crippen molar-refractivity contribution in [3.8, 4) is 23.0 Å². The van der Waals surface area contributed by atoms with Gasteiger partial charge < -0.3 is 45.2 Å². The summed E-state index contributed by atoms with van der Waals surface area (Å²) < 4.78 is 10.7. The molecule has 0 spiro atoms. The van der Waals surface area contributed by atoms with E-state index in [1.54, 1.807) is 12.1 Å². The van der Waals surface area contributed by atoms with Crippen LogP contribution in [0.3, 0.4) is 0 Å². The lowest BCUT2D eigenvalue weighted by Crippen LogP contribution is -2.60. The third-order valence-corrected chi connectivity index (χ3v) is 5.01. The molecule has 0 aromatic heterocycles. The van der Waals surface area contributed by atoms with Crippen molar-refractivity contribution >= 4 is 5.78 Å². The Morgan fingerprint density at radius 2 is 1.61 bits per heavy atom. The molecule has 1 aliphatic heterocycles. The van der Waals surface area contributed by atoms with Crippen molar-refractivity contribution in [3.63, 3.8) is 0 Å². The van der Waals surface area contributed by atoms with Gasteiger partial charge in [0.05, 0.1) is 6.61 Å². The number of ether oxygens (including phenoxy) is 2. The number of carbonyl (C=O) groups excluding carboxylic acids is 1. The van der Waals surface area contributed by atoms with E-state index in [1.165, 1.54) is 12.1 Å². The molecule has 10 nitrogen and oxygen atoms in total. The van der Waals surface area contributed by atoms with Gasteiger partial charge in [0.2, 0.25) is 6.29 Å². The summed E-state index contributed by atoms with van der Waals surface area (Å²) in [6.45, 7) is -0.672. The van der Waals surface area contributed by atoms with E-state index in [0.29, 0.717) is 6.42 Å². The molecule has 0 radical (unpaired) electrons. The van der Waals surface area contributed by atoms with Crippen LogP contribution in [0.15, 0.2) is 36.4 Å². The predicted molar refractivity (Wildman–Crippen MR) is 105 cm³/mol. The molecule has 7 N–H and O–H groups in total. The molecule has 0 unspecified atom stereocenters. The fourth-order valence-corrected chi connectivity index (χ4v) is 3.30. The highest BCUT2D eigenvalue weighted by Crippen LogP contribution is 2.36. The van der Waals surface area contributed by atoms with Gasteiger partial charge in [0.25, 0.3) is 0 Å². The summed E-state index contributed by atoms with van der Waals surface area (Å²) in [6.07, 6.45) is -7.61. The number of benzene rings is 2. The zero-order valence-corrected chi connectivity index (χ0v) is 16.3. The number of hydrogen-bond donors (Lipinski definition) is 7. The minimum Gasteiger partial charge on any atom is -0.508 e. The third-order valence-electron chi connectivity index (χ3n) is 5.01. The highest BCUT2D eigenvalue weighted by atomic mass is 16.7. The topological polar surface area (TPSA) is 177 Å². The van der Waals surface area contributed by atoms with E-state index in [2.05, 4.69) is 0 Å². The smallest absolute Gasteiger partial charge is 0.229 e. The second-order valence-electron chi connectivity index (χ2n) is 7.24. The van der Waals surface area contributed by atoms with E-state index in [9.17, 15) is 40.5 Å². The molecular weight excluding hydrogens is 412 g/mol. The van der Waals surface area contributed by atoms with Gasteiger partial charge in [-0.3, -0.25) is 4.79 Å². The number of aliphatic hydroxyl groups is 4. The van der Waals surface area contributed by atoms with Crippen molar-refractivity contribution < 1.29 is 50.0 Å². The number of aryl methyl sites for hydroxylation is 1. The maximum Gasteiger partial charge on any atom is 0.229 e. The summed E-state index contributed by atoms with van der Waals surface area (Å²) in [5.41, 5.74) is 0.495. The molecule has 168 valence electrons. The summed E-state index contributed by atoms with van der Waals surface area (Å²) in [6, 6.07) is 8.23. The normalized spacial score (nSPS) is 25.9. The Morgan fingerprint density at radius 1 is 0.935 bits per heavy atom. The number of phenols is 3. The Bertz CT molecular complexity index is 911. The first kappa shape index (κ1) is 22.8. The molecule has 31 heavy (non-hydrogen) atoms. The van der Waals surface area contributed by atoms with Crippen LogP contribution in [0.4, 0.5) is 0 Å². The summed E-state index contributed by atoms with van der Waals surface area (Å²) >= 11 is 0. The van der Waals surface area contributed by atoms with Gasteiger partial charge in [0.1, 0.15) is 53.0 Å². The van der Waals surface area contributed by atoms with Crippen molar-refractivity contribution in [2.24, 2.45) is 0 Å². The van der Waals surface area contributed by atoms with Crippen molar-refractivity contribution in [1.29, 1.82) is 0 Å². The fraction of sp³-hybridized carbons (Fsp3) is 0.381. The lowest BCUT2D eigenvalue weighted by Gasteiger charge is -2.39. The number of phenolic OH excluding ortho intramolecular Hbond substituents is 3. The van der Waals surface area contributed by atoms with E-state index in [1.807, 2.05) is 0 Å². The molecule has 3 rings (SSSR count). The highest BCUT2D eigenvalue weighted by Gasteiger charge is 2.45. The minimum atomic E-state index is -1.73. The van der Waals surface area contributed by atoms with Gasteiger partial charge in [-0.2, -0.15) is 0 Å². The number of rotatable bonds is 7. The molecule has 5 atom stereocenters. The summed E-state index contributed by atoms with van der Waals surface area (Å²) in [5, 5.41) is 68.6. The second-order valence-corrected chi connectivity index (χ2v) is 7.24. The summed E-state index contributed by atoms with van der Waals surface area (Å²) in [5.74, 6) is -1.74.